The minimum atomic E-state index is -0.787. The number of carbonyl (C=O) groups is 1. The molecular weight excluding hydrogens is 366 g/mol. The van der Waals surface area contributed by atoms with Crippen LogP contribution < -0.4 is 5.32 Å². The van der Waals surface area contributed by atoms with Gasteiger partial charge in [-0.1, -0.05) is 36.3 Å². The molecule has 154 valence electrons. The van der Waals surface area contributed by atoms with Crippen molar-refractivity contribution in [3.8, 4) is 0 Å². The van der Waals surface area contributed by atoms with Crippen molar-refractivity contribution in [1.82, 2.24) is 19.9 Å². The summed E-state index contributed by atoms with van der Waals surface area (Å²) >= 11 is 0. The molecule has 7 nitrogen and oxygen atoms in total. The van der Waals surface area contributed by atoms with E-state index in [1.54, 1.807) is 0 Å². The minimum Gasteiger partial charge on any atom is -0.383 e. The van der Waals surface area contributed by atoms with E-state index in [9.17, 15) is 9.90 Å². The Hall–Kier alpha value is -2.25. The number of aliphatic hydroxyl groups is 1. The standard InChI is InChI=1S/C22H29N5O2/c28-21(23-17-6-2-1-3-7-17)19-14-26-11-8-16(19)12-18(26)13-27-15-20(24-25-27)22(29)9-4-5-10-22/h1-3,6-7,15-16,18-19,29H,4-5,8-14H2,(H,23,28)/t16-,18+,19-/m0/s1. The van der Waals surface area contributed by atoms with Crippen molar-refractivity contribution in [2.24, 2.45) is 11.8 Å². The first kappa shape index (κ1) is 18.8. The van der Waals surface area contributed by atoms with Gasteiger partial charge in [0.25, 0.3) is 0 Å². The smallest absolute Gasteiger partial charge is 0.229 e. The number of piperidine rings is 3. The Morgan fingerprint density at radius 2 is 2.03 bits per heavy atom. The van der Waals surface area contributed by atoms with E-state index in [4.69, 9.17) is 0 Å². The van der Waals surface area contributed by atoms with E-state index in [-0.39, 0.29) is 11.8 Å². The lowest BCUT2D eigenvalue weighted by molar-refractivity contribution is -0.127. The van der Waals surface area contributed by atoms with Gasteiger partial charge in [0, 0.05) is 18.3 Å². The highest BCUT2D eigenvalue weighted by Crippen LogP contribution is 2.39. The number of anilines is 1. The maximum Gasteiger partial charge on any atom is 0.229 e. The Labute approximate surface area is 171 Å². The summed E-state index contributed by atoms with van der Waals surface area (Å²) in [5.41, 5.74) is 0.793. The predicted octanol–water partition coefficient (Wildman–Crippen LogP) is 2.39. The third-order valence-corrected chi connectivity index (χ3v) is 7.10. The van der Waals surface area contributed by atoms with E-state index < -0.39 is 5.60 Å². The molecule has 1 aromatic heterocycles. The Balaban J connectivity index is 1.22. The van der Waals surface area contributed by atoms with Gasteiger partial charge in [0.1, 0.15) is 11.3 Å². The van der Waals surface area contributed by atoms with Crippen molar-refractivity contribution in [2.45, 2.75) is 56.7 Å². The number of nitrogens with one attached hydrogen (secondary N) is 1. The zero-order valence-corrected chi connectivity index (χ0v) is 16.7. The van der Waals surface area contributed by atoms with Gasteiger partial charge < -0.3 is 10.4 Å². The van der Waals surface area contributed by atoms with Crippen molar-refractivity contribution in [2.75, 3.05) is 18.4 Å². The first-order chi connectivity index (χ1) is 14.1. The third-order valence-electron chi connectivity index (χ3n) is 7.10. The summed E-state index contributed by atoms with van der Waals surface area (Å²) in [5.74, 6) is 0.595. The molecule has 29 heavy (non-hydrogen) atoms. The second-order valence-corrected chi connectivity index (χ2v) is 8.96. The van der Waals surface area contributed by atoms with Crippen LogP contribution >= 0.6 is 0 Å². The van der Waals surface area contributed by atoms with Crippen LogP contribution in [0.5, 0.6) is 0 Å². The lowest BCUT2D eigenvalue weighted by Crippen LogP contribution is -2.57. The van der Waals surface area contributed by atoms with Crippen LogP contribution in [0.15, 0.2) is 36.5 Å². The number of fused-ring (bicyclic) bond motifs is 3. The van der Waals surface area contributed by atoms with Crippen molar-refractivity contribution >= 4 is 11.6 Å². The van der Waals surface area contributed by atoms with Crippen molar-refractivity contribution < 1.29 is 9.90 Å². The highest BCUT2D eigenvalue weighted by Gasteiger charge is 2.43. The topological polar surface area (TPSA) is 83.3 Å². The monoisotopic (exact) mass is 395 g/mol. The van der Waals surface area contributed by atoms with Crippen LogP contribution in [0, 0.1) is 11.8 Å². The molecule has 1 saturated carbocycles. The summed E-state index contributed by atoms with van der Waals surface area (Å²) in [6.45, 7) is 2.61. The molecule has 4 fully saturated rings. The van der Waals surface area contributed by atoms with Crippen LogP contribution in [-0.2, 0) is 16.9 Å². The average Bonchev–Trinajstić information content (AvgIpc) is 3.39. The van der Waals surface area contributed by atoms with Crippen molar-refractivity contribution in [3.05, 3.63) is 42.2 Å². The molecular formula is C22H29N5O2. The van der Waals surface area contributed by atoms with E-state index in [2.05, 4.69) is 20.5 Å². The summed E-state index contributed by atoms with van der Waals surface area (Å²) in [7, 11) is 0. The van der Waals surface area contributed by atoms with Gasteiger partial charge in [-0.2, -0.15) is 0 Å². The van der Waals surface area contributed by atoms with Crippen LogP contribution in [-0.4, -0.2) is 50.0 Å². The lowest BCUT2D eigenvalue weighted by Gasteiger charge is -2.49. The van der Waals surface area contributed by atoms with Gasteiger partial charge in [-0.05, 0) is 50.3 Å². The average molecular weight is 396 g/mol. The molecule has 2 bridgehead atoms. The zero-order valence-electron chi connectivity index (χ0n) is 16.7. The molecule has 4 aliphatic rings. The van der Waals surface area contributed by atoms with Gasteiger partial charge in [-0.15, -0.1) is 5.10 Å². The number of carbonyl (C=O) groups excluding carboxylic acids is 1. The van der Waals surface area contributed by atoms with Crippen LogP contribution in [0.25, 0.3) is 0 Å². The Morgan fingerprint density at radius 3 is 2.76 bits per heavy atom. The number of rotatable bonds is 5. The van der Waals surface area contributed by atoms with E-state index >= 15 is 0 Å². The van der Waals surface area contributed by atoms with Crippen LogP contribution in [0.2, 0.25) is 0 Å². The number of benzene rings is 1. The molecule has 4 atom stereocenters. The lowest BCUT2D eigenvalue weighted by atomic mass is 9.75. The Morgan fingerprint density at radius 1 is 1.24 bits per heavy atom. The molecule has 1 unspecified atom stereocenters. The number of para-hydroxylation sites is 1. The second-order valence-electron chi connectivity index (χ2n) is 8.96. The van der Waals surface area contributed by atoms with E-state index in [1.807, 2.05) is 41.2 Å². The molecule has 2 aromatic rings. The summed E-state index contributed by atoms with van der Waals surface area (Å²) in [6.07, 6.45) is 7.66. The minimum absolute atomic E-state index is 0.0470. The first-order valence-corrected chi connectivity index (χ1v) is 10.8. The number of amides is 1. The van der Waals surface area contributed by atoms with Gasteiger partial charge in [-0.25, -0.2) is 0 Å². The molecule has 7 heteroatoms. The molecule has 1 aromatic carbocycles. The molecule has 3 aliphatic heterocycles. The molecule has 0 spiro atoms. The van der Waals surface area contributed by atoms with Crippen LogP contribution in [0.4, 0.5) is 5.69 Å². The maximum absolute atomic E-state index is 12.8. The van der Waals surface area contributed by atoms with Crippen molar-refractivity contribution in [3.63, 3.8) is 0 Å². The molecule has 0 radical (unpaired) electrons. The molecule has 1 aliphatic carbocycles. The second kappa shape index (κ2) is 7.54. The number of hydrogen-bond acceptors (Lipinski definition) is 5. The normalized spacial score (nSPS) is 30.4. The summed E-state index contributed by atoms with van der Waals surface area (Å²) in [4.78, 5) is 15.2. The number of hydrogen-bond donors (Lipinski definition) is 2. The van der Waals surface area contributed by atoms with Gasteiger partial charge >= 0.3 is 0 Å². The molecule has 3 saturated heterocycles. The van der Waals surface area contributed by atoms with Gasteiger partial charge in [0.05, 0.1) is 18.7 Å². The van der Waals surface area contributed by atoms with Gasteiger partial charge in [0.15, 0.2) is 0 Å². The SMILES string of the molecule is O=C(Nc1ccccc1)[C@H]1CN2CC[C@H]1C[C@@H]2Cn1cc(C2(O)CCCC2)nn1. The van der Waals surface area contributed by atoms with Crippen LogP contribution in [0.1, 0.15) is 44.2 Å². The maximum atomic E-state index is 12.8. The fourth-order valence-corrected chi connectivity index (χ4v) is 5.41. The Bertz CT molecular complexity index is 861. The van der Waals surface area contributed by atoms with Gasteiger partial charge in [0.2, 0.25) is 5.91 Å². The largest absolute Gasteiger partial charge is 0.383 e. The van der Waals surface area contributed by atoms with E-state index in [1.165, 1.54) is 0 Å². The van der Waals surface area contributed by atoms with Gasteiger partial charge in [-0.3, -0.25) is 14.4 Å². The summed E-state index contributed by atoms with van der Waals surface area (Å²) < 4.78 is 1.88. The predicted molar refractivity (Wildman–Crippen MR) is 109 cm³/mol. The molecule has 4 heterocycles. The quantitative estimate of drug-likeness (QED) is 0.812. The van der Waals surface area contributed by atoms with E-state index in [0.29, 0.717) is 17.7 Å². The molecule has 6 rings (SSSR count). The van der Waals surface area contributed by atoms with Crippen LogP contribution in [0.3, 0.4) is 0 Å². The molecule has 2 N–H and O–H groups in total. The highest BCUT2D eigenvalue weighted by molar-refractivity contribution is 5.93. The first-order valence-electron chi connectivity index (χ1n) is 10.8. The number of aromatic nitrogens is 3. The summed E-state index contributed by atoms with van der Waals surface area (Å²) in [6, 6.07) is 10.1. The highest BCUT2D eigenvalue weighted by atomic mass is 16.3. The fourth-order valence-electron chi connectivity index (χ4n) is 5.41. The Kier molecular flexibility index (Phi) is 4.87. The van der Waals surface area contributed by atoms with Crippen molar-refractivity contribution in [1.29, 1.82) is 0 Å². The van der Waals surface area contributed by atoms with E-state index in [0.717, 1.165) is 63.8 Å². The number of nitrogens with zero attached hydrogens (tertiary/aromatic N) is 4. The third kappa shape index (κ3) is 3.69. The zero-order chi connectivity index (χ0) is 19.8. The summed E-state index contributed by atoms with van der Waals surface area (Å²) in [5, 5.41) is 22.4. The molecule has 1 amide bonds. The fraction of sp³-hybridized carbons (Fsp3) is 0.591.